The summed E-state index contributed by atoms with van der Waals surface area (Å²) in [6, 6.07) is 21.7. The highest BCUT2D eigenvalue weighted by molar-refractivity contribution is 5.92. The number of rotatable bonds is 2. The van der Waals surface area contributed by atoms with E-state index >= 15 is 0 Å². The minimum Gasteiger partial charge on any atom is -0.374 e. The van der Waals surface area contributed by atoms with Gasteiger partial charge in [0, 0.05) is 18.1 Å². The van der Waals surface area contributed by atoms with Gasteiger partial charge in [-0.25, -0.2) is 8.78 Å². The van der Waals surface area contributed by atoms with E-state index in [2.05, 4.69) is 0 Å². The van der Waals surface area contributed by atoms with Crippen molar-refractivity contribution in [1.82, 2.24) is 0 Å². The first-order chi connectivity index (χ1) is 11.4. The maximum atomic E-state index is 14.5. The minimum atomic E-state index is -3.30. The molecule has 0 aromatic heterocycles. The third-order valence-corrected chi connectivity index (χ3v) is 4.76. The van der Waals surface area contributed by atoms with Gasteiger partial charge in [0.1, 0.15) is 0 Å². The topological polar surface area (TPSA) is 20.2 Å². The zero-order valence-electron chi connectivity index (χ0n) is 13.1. The smallest absolute Gasteiger partial charge is 0.281 e. The Labute approximate surface area is 139 Å². The first-order valence-electron chi connectivity index (χ1n) is 7.83. The normalized spacial score (nSPS) is 19.0. The second-order valence-electron chi connectivity index (χ2n) is 6.24. The average Bonchev–Trinajstić information content (AvgIpc) is 2.87. The first-order valence-corrected chi connectivity index (χ1v) is 7.83. The predicted octanol–water partition coefficient (Wildman–Crippen LogP) is 5.23. The SMILES string of the molecule is CC(F)(F)C1(O)c2ccccc2-c2c(-c3ccccc3)cccc21. The summed E-state index contributed by atoms with van der Waals surface area (Å²) in [4.78, 5) is 0. The Bertz CT molecular complexity index is 913. The highest BCUT2D eigenvalue weighted by Crippen LogP contribution is 2.56. The van der Waals surface area contributed by atoms with Gasteiger partial charge in [-0.1, -0.05) is 72.8 Å². The van der Waals surface area contributed by atoms with Crippen LogP contribution in [0.4, 0.5) is 8.78 Å². The van der Waals surface area contributed by atoms with Crippen LogP contribution in [0.1, 0.15) is 18.1 Å². The second kappa shape index (κ2) is 4.99. The molecule has 0 bridgehead atoms. The van der Waals surface area contributed by atoms with Crippen molar-refractivity contribution in [3.05, 3.63) is 83.9 Å². The van der Waals surface area contributed by atoms with E-state index < -0.39 is 11.5 Å². The number of alkyl halides is 2. The van der Waals surface area contributed by atoms with Crippen LogP contribution < -0.4 is 0 Å². The summed E-state index contributed by atoms with van der Waals surface area (Å²) in [6.07, 6.45) is 0. The van der Waals surface area contributed by atoms with Crippen LogP contribution in [-0.2, 0) is 5.60 Å². The molecule has 0 saturated carbocycles. The van der Waals surface area contributed by atoms with Gasteiger partial charge in [0.2, 0.25) is 0 Å². The van der Waals surface area contributed by atoms with Crippen LogP contribution in [0.3, 0.4) is 0 Å². The largest absolute Gasteiger partial charge is 0.374 e. The molecule has 1 atom stereocenters. The van der Waals surface area contributed by atoms with E-state index in [1.165, 1.54) is 0 Å². The lowest BCUT2D eigenvalue weighted by atomic mass is 9.85. The molecule has 1 N–H and O–H groups in total. The Morgan fingerprint density at radius 3 is 2.04 bits per heavy atom. The van der Waals surface area contributed by atoms with Gasteiger partial charge in [-0.3, -0.25) is 0 Å². The highest BCUT2D eigenvalue weighted by atomic mass is 19.3. The van der Waals surface area contributed by atoms with Crippen molar-refractivity contribution >= 4 is 0 Å². The third-order valence-electron chi connectivity index (χ3n) is 4.76. The van der Waals surface area contributed by atoms with E-state index in [1.54, 1.807) is 30.3 Å². The van der Waals surface area contributed by atoms with Gasteiger partial charge in [-0.15, -0.1) is 0 Å². The van der Waals surface area contributed by atoms with Crippen LogP contribution in [0.2, 0.25) is 0 Å². The van der Waals surface area contributed by atoms with Crippen molar-refractivity contribution in [2.45, 2.75) is 18.4 Å². The van der Waals surface area contributed by atoms with Crippen LogP contribution in [-0.4, -0.2) is 11.0 Å². The van der Waals surface area contributed by atoms with E-state index in [4.69, 9.17) is 0 Å². The quantitative estimate of drug-likeness (QED) is 0.685. The van der Waals surface area contributed by atoms with Gasteiger partial charge >= 0.3 is 0 Å². The Morgan fingerprint density at radius 2 is 1.33 bits per heavy atom. The monoisotopic (exact) mass is 322 g/mol. The number of halogens is 2. The molecule has 24 heavy (non-hydrogen) atoms. The summed E-state index contributed by atoms with van der Waals surface area (Å²) in [7, 11) is 0. The van der Waals surface area contributed by atoms with Gasteiger partial charge in [-0.05, 0) is 22.3 Å². The zero-order chi connectivity index (χ0) is 16.9. The van der Waals surface area contributed by atoms with E-state index in [0.717, 1.165) is 18.1 Å². The Morgan fingerprint density at radius 1 is 0.750 bits per heavy atom. The molecule has 0 spiro atoms. The van der Waals surface area contributed by atoms with Crippen molar-refractivity contribution in [2.24, 2.45) is 0 Å². The number of hydrogen-bond acceptors (Lipinski definition) is 1. The summed E-state index contributed by atoms with van der Waals surface area (Å²) < 4.78 is 28.9. The van der Waals surface area contributed by atoms with Crippen LogP contribution in [0.15, 0.2) is 72.8 Å². The fourth-order valence-corrected chi connectivity index (χ4v) is 3.64. The summed E-state index contributed by atoms with van der Waals surface area (Å²) in [6.45, 7) is 0.772. The predicted molar refractivity (Wildman–Crippen MR) is 90.9 cm³/mol. The van der Waals surface area contributed by atoms with E-state index in [-0.39, 0.29) is 11.1 Å². The molecular weight excluding hydrogens is 306 g/mol. The van der Waals surface area contributed by atoms with Crippen LogP contribution in [0.5, 0.6) is 0 Å². The molecule has 1 aliphatic carbocycles. The maximum Gasteiger partial charge on any atom is 0.281 e. The maximum absolute atomic E-state index is 14.5. The lowest BCUT2D eigenvalue weighted by Crippen LogP contribution is -2.42. The molecule has 3 aromatic carbocycles. The lowest BCUT2D eigenvalue weighted by Gasteiger charge is -2.32. The van der Waals surface area contributed by atoms with Gasteiger partial charge in [0.15, 0.2) is 5.60 Å². The molecule has 0 fully saturated rings. The van der Waals surface area contributed by atoms with Crippen molar-refractivity contribution in [3.8, 4) is 22.3 Å². The fraction of sp³-hybridized carbons (Fsp3) is 0.143. The molecule has 0 amide bonds. The molecular formula is C21H16F2O. The summed E-state index contributed by atoms with van der Waals surface area (Å²) >= 11 is 0. The van der Waals surface area contributed by atoms with Crippen molar-refractivity contribution in [3.63, 3.8) is 0 Å². The number of fused-ring (bicyclic) bond motifs is 3. The summed E-state index contributed by atoms with van der Waals surface area (Å²) in [5.74, 6) is -3.30. The van der Waals surface area contributed by atoms with E-state index in [0.29, 0.717) is 11.1 Å². The zero-order valence-corrected chi connectivity index (χ0v) is 13.1. The Balaban J connectivity index is 2.10. The Kier molecular flexibility index (Phi) is 3.12. The third kappa shape index (κ3) is 1.88. The molecule has 4 rings (SSSR count). The molecule has 3 heteroatoms. The molecule has 1 unspecified atom stereocenters. The van der Waals surface area contributed by atoms with Gasteiger partial charge < -0.3 is 5.11 Å². The molecule has 3 aromatic rings. The lowest BCUT2D eigenvalue weighted by molar-refractivity contribution is -0.148. The first kappa shape index (κ1) is 15.0. The summed E-state index contributed by atoms with van der Waals surface area (Å²) in [5.41, 5.74) is 1.34. The van der Waals surface area contributed by atoms with Gasteiger partial charge in [-0.2, -0.15) is 0 Å². The van der Waals surface area contributed by atoms with Crippen LogP contribution in [0.25, 0.3) is 22.3 Å². The van der Waals surface area contributed by atoms with Crippen LogP contribution in [0, 0.1) is 0 Å². The average molecular weight is 322 g/mol. The number of benzene rings is 3. The number of hydrogen-bond donors (Lipinski definition) is 1. The van der Waals surface area contributed by atoms with E-state index in [9.17, 15) is 13.9 Å². The molecule has 0 aliphatic heterocycles. The standard InChI is InChI=1S/C21H16F2O/c1-20(22,23)21(24)17-12-6-5-10-16(17)19-15(11-7-13-18(19)21)14-8-3-2-4-9-14/h2-13,24H,1H3. The highest BCUT2D eigenvalue weighted by Gasteiger charge is 2.56. The van der Waals surface area contributed by atoms with Crippen molar-refractivity contribution < 1.29 is 13.9 Å². The minimum absolute atomic E-state index is 0.260. The molecule has 0 heterocycles. The Hall–Kier alpha value is -2.52. The summed E-state index contributed by atoms with van der Waals surface area (Å²) in [5, 5.41) is 11.1. The van der Waals surface area contributed by atoms with Gasteiger partial charge in [0.05, 0.1) is 0 Å². The second-order valence-corrected chi connectivity index (χ2v) is 6.24. The molecule has 0 saturated heterocycles. The molecule has 1 aliphatic rings. The molecule has 1 nitrogen and oxygen atoms in total. The van der Waals surface area contributed by atoms with Gasteiger partial charge in [0.25, 0.3) is 5.92 Å². The molecule has 120 valence electrons. The fourth-order valence-electron chi connectivity index (χ4n) is 3.64. The van der Waals surface area contributed by atoms with E-state index in [1.807, 2.05) is 42.5 Å². The molecule has 0 radical (unpaired) electrons. The van der Waals surface area contributed by atoms with Crippen molar-refractivity contribution in [1.29, 1.82) is 0 Å². The van der Waals surface area contributed by atoms with Crippen molar-refractivity contribution in [2.75, 3.05) is 0 Å². The van der Waals surface area contributed by atoms with Crippen LogP contribution >= 0.6 is 0 Å². The number of aliphatic hydroxyl groups is 1.